The van der Waals surface area contributed by atoms with Gasteiger partial charge >= 0.3 is 0 Å². The Morgan fingerprint density at radius 2 is 2.07 bits per heavy atom. The second-order valence-electron chi connectivity index (χ2n) is 7.21. The first kappa shape index (κ1) is 20.3. The van der Waals surface area contributed by atoms with E-state index in [0.29, 0.717) is 5.76 Å². The summed E-state index contributed by atoms with van der Waals surface area (Å²) in [5, 5.41) is 8.42. The molecule has 29 heavy (non-hydrogen) atoms. The lowest BCUT2D eigenvalue weighted by Gasteiger charge is -2.39. The van der Waals surface area contributed by atoms with Crippen LogP contribution in [0.15, 0.2) is 45.7 Å². The van der Waals surface area contributed by atoms with Crippen molar-refractivity contribution >= 4 is 33.6 Å². The van der Waals surface area contributed by atoms with Crippen LogP contribution in [0.4, 0.5) is 5.00 Å². The number of hydrogen-bond acceptors (Lipinski definition) is 6. The molecule has 1 N–H and O–H groups in total. The summed E-state index contributed by atoms with van der Waals surface area (Å²) in [5.41, 5.74) is 2.49. The van der Waals surface area contributed by atoms with E-state index in [-0.39, 0.29) is 11.9 Å². The molecule has 3 aromatic heterocycles. The number of carbonyl (C=O) groups excluding carboxylic acids is 1. The van der Waals surface area contributed by atoms with Crippen molar-refractivity contribution in [3.8, 4) is 0 Å². The Bertz CT molecular complexity index is 910. The Kier molecular flexibility index (Phi) is 6.50. The predicted molar refractivity (Wildman–Crippen MR) is 120 cm³/mol. The van der Waals surface area contributed by atoms with Crippen LogP contribution in [0, 0.1) is 0 Å². The van der Waals surface area contributed by atoms with E-state index in [1.54, 1.807) is 34.8 Å². The van der Waals surface area contributed by atoms with Gasteiger partial charge in [-0.3, -0.25) is 9.69 Å². The molecule has 1 aliphatic rings. The molecule has 0 unspecified atom stereocenters. The Labute approximate surface area is 179 Å². The molecule has 4 rings (SSSR count). The zero-order chi connectivity index (χ0) is 20.2. The van der Waals surface area contributed by atoms with Crippen molar-refractivity contribution in [1.82, 2.24) is 9.80 Å². The summed E-state index contributed by atoms with van der Waals surface area (Å²) in [4.78, 5) is 19.0. The van der Waals surface area contributed by atoms with Crippen molar-refractivity contribution in [2.24, 2.45) is 0 Å². The summed E-state index contributed by atoms with van der Waals surface area (Å²) >= 11 is 3.40. The van der Waals surface area contributed by atoms with Crippen LogP contribution in [0.5, 0.6) is 0 Å². The first-order valence-electron chi connectivity index (χ1n) is 10.2. The quantitative estimate of drug-likeness (QED) is 0.578. The van der Waals surface area contributed by atoms with E-state index >= 15 is 0 Å². The van der Waals surface area contributed by atoms with Gasteiger partial charge < -0.3 is 14.6 Å². The van der Waals surface area contributed by atoms with Gasteiger partial charge in [-0.15, -0.1) is 11.3 Å². The maximum absolute atomic E-state index is 12.7. The maximum Gasteiger partial charge on any atom is 0.291 e. The standard InChI is InChI=1S/C22H27N3O2S2/c1-3-17-14-18(22(29-17)23-21(26)19-6-5-12-27-19)20(16-7-13-28-15-16)25-10-8-24(4-2)9-11-25/h5-7,12-15,20H,3-4,8-11H2,1-2H3,(H,23,26)/t20-/m0/s1. The first-order valence-corrected chi connectivity index (χ1v) is 11.9. The summed E-state index contributed by atoms with van der Waals surface area (Å²) in [7, 11) is 0. The van der Waals surface area contributed by atoms with Gasteiger partial charge in [0.05, 0.1) is 12.3 Å². The van der Waals surface area contributed by atoms with Gasteiger partial charge in [-0.05, 0) is 53.6 Å². The fourth-order valence-corrected chi connectivity index (χ4v) is 5.56. The van der Waals surface area contributed by atoms with E-state index in [2.05, 4.69) is 51.9 Å². The van der Waals surface area contributed by atoms with Crippen LogP contribution in [0.2, 0.25) is 0 Å². The van der Waals surface area contributed by atoms with Gasteiger partial charge in [0.15, 0.2) is 5.76 Å². The summed E-state index contributed by atoms with van der Waals surface area (Å²) in [6.45, 7) is 9.69. The molecule has 1 aliphatic heterocycles. The number of piperazine rings is 1. The minimum atomic E-state index is -0.194. The van der Waals surface area contributed by atoms with Gasteiger partial charge in [-0.1, -0.05) is 13.8 Å². The van der Waals surface area contributed by atoms with E-state index in [0.717, 1.165) is 44.1 Å². The average Bonchev–Trinajstić information content (AvgIpc) is 3.51. The topological polar surface area (TPSA) is 48.7 Å². The smallest absolute Gasteiger partial charge is 0.291 e. The van der Waals surface area contributed by atoms with Crippen LogP contribution in [0.25, 0.3) is 0 Å². The highest BCUT2D eigenvalue weighted by Crippen LogP contribution is 2.40. The number of thiophene rings is 2. The predicted octanol–water partition coefficient (Wildman–Crippen LogP) is 4.94. The third-order valence-electron chi connectivity index (χ3n) is 5.51. The molecule has 4 heterocycles. The van der Waals surface area contributed by atoms with E-state index < -0.39 is 0 Å². The van der Waals surface area contributed by atoms with Gasteiger partial charge in [0, 0.05) is 36.6 Å². The van der Waals surface area contributed by atoms with E-state index in [1.807, 2.05) is 0 Å². The van der Waals surface area contributed by atoms with Crippen molar-refractivity contribution in [3.63, 3.8) is 0 Å². The zero-order valence-corrected chi connectivity index (χ0v) is 18.5. The molecule has 5 nitrogen and oxygen atoms in total. The number of nitrogens with zero attached hydrogens (tertiary/aromatic N) is 2. The van der Waals surface area contributed by atoms with Crippen LogP contribution in [0.3, 0.4) is 0 Å². The van der Waals surface area contributed by atoms with Crippen LogP contribution in [-0.4, -0.2) is 48.4 Å². The molecule has 3 aromatic rings. The molecule has 0 radical (unpaired) electrons. The number of rotatable bonds is 7. The lowest BCUT2D eigenvalue weighted by atomic mass is 10.00. The third kappa shape index (κ3) is 4.48. The number of hydrogen-bond donors (Lipinski definition) is 1. The summed E-state index contributed by atoms with van der Waals surface area (Å²) in [6.07, 6.45) is 2.48. The molecular weight excluding hydrogens is 402 g/mol. The second-order valence-corrected chi connectivity index (χ2v) is 9.13. The molecule has 7 heteroatoms. The molecule has 0 aromatic carbocycles. The highest BCUT2D eigenvalue weighted by Gasteiger charge is 2.30. The van der Waals surface area contributed by atoms with Crippen molar-refractivity contribution in [2.75, 3.05) is 38.0 Å². The second kappa shape index (κ2) is 9.26. The molecule has 1 atom stereocenters. The Morgan fingerprint density at radius 1 is 1.24 bits per heavy atom. The van der Waals surface area contributed by atoms with Crippen LogP contribution >= 0.6 is 22.7 Å². The highest BCUT2D eigenvalue weighted by molar-refractivity contribution is 7.16. The lowest BCUT2D eigenvalue weighted by molar-refractivity contribution is 0.0995. The van der Waals surface area contributed by atoms with Gasteiger partial charge in [0.1, 0.15) is 5.00 Å². The maximum atomic E-state index is 12.7. The molecule has 0 bridgehead atoms. The normalized spacial score (nSPS) is 16.8. The number of anilines is 1. The minimum Gasteiger partial charge on any atom is -0.459 e. The number of furan rings is 1. The molecule has 154 valence electrons. The van der Waals surface area contributed by atoms with Crippen molar-refractivity contribution < 1.29 is 9.21 Å². The molecule has 1 fully saturated rings. The highest BCUT2D eigenvalue weighted by atomic mass is 32.1. The number of carbonyl (C=O) groups is 1. The number of nitrogens with one attached hydrogen (secondary N) is 1. The van der Waals surface area contributed by atoms with E-state index in [4.69, 9.17) is 4.42 Å². The Morgan fingerprint density at radius 3 is 2.69 bits per heavy atom. The SMILES string of the molecule is CCc1cc([C@H](c2ccsc2)N2CCN(CC)CC2)c(NC(=O)c2ccco2)s1. The lowest BCUT2D eigenvalue weighted by Crippen LogP contribution is -2.47. The van der Waals surface area contributed by atoms with Gasteiger partial charge in [0.2, 0.25) is 0 Å². The molecule has 0 saturated carbocycles. The fraction of sp³-hybridized carbons (Fsp3) is 0.409. The molecule has 1 saturated heterocycles. The van der Waals surface area contributed by atoms with Gasteiger partial charge in [0.25, 0.3) is 5.91 Å². The van der Waals surface area contributed by atoms with Gasteiger partial charge in [-0.2, -0.15) is 11.3 Å². The summed E-state index contributed by atoms with van der Waals surface area (Å²) < 4.78 is 5.29. The molecular formula is C22H27N3O2S2. The Balaban J connectivity index is 1.67. The van der Waals surface area contributed by atoms with E-state index in [9.17, 15) is 4.79 Å². The summed E-state index contributed by atoms with van der Waals surface area (Å²) in [5.74, 6) is 0.145. The number of aryl methyl sites for hydroxylation is 1. The van der Waals surface area contributed by atoms with Crippen molar-refractivity contribution in [3.05, 3.63) is 63.1 Å². The third-order valence-corrected chi connectivity index (χ3v) is 7.42. The van der Waals surface area contributed by atoms with Crippen molar-refractivity contribution in [1.29, 1.82) is 0 Å². The number of likely N-dealkylation sites (N-methyl/N-ethyl adjacent to an activating group) is 1. The minimum absolute atomic E-state index is 0.156. The Hall–Kier alpha value is -1.93. The monoisotopic (exact) mass is 429 g/mol. The molecule has 1 amide bonds. The van der Waals surface area contributed by atoms with Crippen molar-refractivity contribution in [2.45, 2.75) is 26.3 Å². The zero-order valence-electron chi connectivity index (χ0n) is 16.9. The fourth-order valence-electron chi connectivity index (χ4n) is 3.86. The van der Waals surface area contributed by atoms with Gasteiger partial charge in [-0.25, -0.2) is 0 Å². The number of amides is 1. The first-order chi connectivity index (χ1) is 14.2. The average molecular weight is 430 g/mol. The van der Waals surface area contributed by atoms with Crippen LogP contribution < -0.4 is 5.32 Å². The van der Waals surface area contributed by atoms with Crippen LogP contribution in [0.1, 0.15) is 46.4 Å². The molecule has 0 aliphatic carbocycles. The molecule has 0 spiro atoms. The van der Waals surface area contributed by atoms with E-state index in [1.165, 1.54) is 22.3 Å². The van der Waals surface area contributed by atoms with Crippen LogP contribution in [-0.2, 0) is 6.42 Å². The largest absolute Gasteiger partial charge is 0.459 e. The summed E-state index contributed by atoms with van der Waals surface area (Å²) in [6, 6.07) is 8.08.